The third-order valence-electron chi connectivity index (χ3n) is 22.3. The van der Waals surface area contributed by atoms with Crippen LogP contribution in [-0.4, -0.2) is 73.9 Å². The lowest BCUT2D eigenvalue weighted by Gasteiger charge is -2.22. The Bertz CT molecular complexity index is 6820. The Morgan fingerprint density at radius 3 is 0.548 bits per heavy atom. The van der Waals surface area contributed by atoms with Crippen LogP contribution < -0.4 is 0 Å². The van der Waals surface area contributed by atoms with Gasteiger partial charge in [-0.15, -0.1) is 0 Å². The normalized spacial score (nSPS) is 11.4. The molecule has 0 saturated heterocycles. The minimum Gasteiger partial charge on any atom is -0.308 e. The number of pyridine rings is 1. The Morgan fingerprint density at radius 2 is 0.355 bits per heavy atom. The van der Waals surface area contributed by atoms with Gasteiger partial charge in [0, 0.05) is 105 Å². The Kier molecular flexibility index (Phi) is 18.5. The lowest BCUT2D eigenvalue weighted by molar-refractivity contribution is 1.07. The molecule has 0 unspecified atom stereocenters. The Hall–Kier alpha value is -17.4. The summed E-state index contributed by atoms with van der Waals surface area (Å²) in [5.41, 5.74) is 19.6. The molecule has 124 heavy (non-hydrogen) atoms. The van der Waals surface area contributed by atoms with Crippen LogP contribution in [0.2, 0.25) is 0 Å². The fourth-order valence-corrected chi connectivity index (χ4v) is 16.4. The molecular weight excluding hydrogens is 1520 g/mol. The van der Waals surface area contributed by atoms with E-state index in [2.05, 4.69) is 124 Å². The molecule has 0 N–H and O–H groups in total. The summed E-state index contributed by atoms with van der Waals surface area (Å²) in [5.74, 6) is 6.10. The molecule has 0 spiro atoms. The first-order chi connectivity index (χ1) is 61.4. The van der Waals surface area contributed by atoms with Crippen LogP contribution >= 0.6 is 0 Å². The van der Waals surface area contributed by atoms with Gasteiger partial charge in [0.1, 0.15) is 0 Å². The predicted octanol–water partition coefficient (Wildman–Crippen LogP) is 24.9. The molecule has 16 heteroatoms. The van der Waals surface area contributed by atoms with Crippen molar-refractivity contribution in [2.75, 3.05) is 0 Å². The molecule has 0 radical (unpaired) electrons. The van der Waals surface area contributed by atoms with Crippen LogP contribution in [-0.2, 0) is 0 Å². The minimum atomic E-state index is 0.388. The van der Waals surface area contributed by atoms with E-state index in [0.717, 1.165) is 144 Å². The van der Waals surface area contributed by atoms with Crippen LogP contribution in [0.1, 0.15) is 5.56 Å². The molecule has 0 amide bonds. The summed E-state index contributed by atoms with van der Waals surface area (Å²) in [5, 5.41) is 15.5. The van der Waals surface area contributed by atoms with Gasteiger partial charge in [-0.05, 0) is 103 Å². The monoisotopic (exact) mass is 1590 g/mol. The van der Waals surface area contributed by atoms with Gasteiger partial charge in [-0.25, -0.2) is 64.8 Å². The van der Waals surface area contributed by atoms with Gasteiger partial charge in [0.15, 0.2) is 69.9 Å². The molecule has 22 aromatic rings. The molecule has 0 aliphatic heterocycles. The van der Waals surface area contributed by atoms with Gasteiger partial charge >= 0.3 is 0 Å². The zero-order valence-electron chi connectivity index (χ0n) is 66.3. The quantitative estimate of drug-likeness (QED) is 0.0833. The van der Waals surface area contributed by atoms with E-state index in [0.29, 0.717) is 86.8 Å². The van der Waals surface area contributed by atoms with Gasteiger partial charge in [-0.3, -0.25) is 0 Å². The number of benzene rings is 15. The zero-order chi connectivity index (χ0) is 82.4. The number of nitrogens with zero attached hydrogens (tertiary/aromatic N) is 16. The average molecular weight is 1590 g/mol. The zero-order valence-corrected chi connectivity index (χ0v) is 66.3. The maximum absolute atomic E-state index is 12.1. The summed E-state index contributed by atoms with van der Waals surface area (Å²) in [6.07, 6.45) is 0. The van der Waals surface area contributed by atoms with Crippen molar-refractivity contribution < 1.29 is 0 Å². The molecule has 15 aromatic carbocycles. The van der Waals surface area contributed by atoms with Crippen molar-refractivity contribution in [2.24, 2.45) is 0 Å². The Morgan fingerprint density at radius 1 is 0.169 bits per heavy atom. The van der Waals surface area contributed by atoms with E-state index >= 15 is 0 Å². The van der Waals surface area contributed by atoms with Crippen LogP contribution in [0.15, 0.2) is 400 Å². The molecule has 578 valence electrons. The van der Waals surface area contributed by atoms with Crippen molar-refractivity contribution >= 4 is 43.6 Å². The molecule has 16 nitrogen and oxygen atoms in total. The highest BCUT2D eigenvalue weighted by Gasteiger charge is 2.29. The highest BCUT2D eigenvalue weighted by atomic mass is 15.1. The average Bonchev–Trinajstić information content (AvgIpc) is 1.54. The van der Waals surface area contributed by atoms with Crippen molar-refractivity contribution in [3.05, 3.63) is 406 Å². The largest absolute Gasteiger partial charge is 0.308 e. The summed E-state index contributed by atoms with van der Waals surface area (Å²) >= 11 is 0. The maximum Gasteiger partial charge on any atom is 0.164 e. The number of fused-ring (bicyclic) bond motifs is 6. The third kappa shape index (κ3) is 13.9. The molecule has 7 aromatic heterocycles. The van der Waals surface area contributed by atoms with Gasteiger partial charge in [-0.1, -0.05) is 303 Å². The van der Waals surface area contributed by atoms with Crippen LogP contribution in [0.5, 0.6) is 0 Å². The minimum absolute atomic E-state index is 0.388. The number of aromatic nitrogens is 15. The van der Waals surface area contributed by atoms with E-state index in [1.54, 1.807) is 0 Å². The molecule has 7 heterocycles. The lowest BCUT2D eigenvalue weighted by Crippen LogP contribution is -2.06. The summed E-state index contributed by atoms with van der Waals surface area (Å²) in [4.78, 5) is 68.6. The summed E-state index contributed by atoms with van der Waals surface area (Å²) < 4.78 is 4.60. The summed E-state index contributed by atoms with van der Waals surface area (Å²) in [6.45, 7) is 0. The molecule has 0 aliphatic carbocycles. The van der Waals surface area contributed by atoms with Gasteiger partial charge in [0.2, 0.25) is 0 Å². The summed E-state index contributed by atoms with van der Waals surface area (Å²) in [7, 11) is 0. The van der Waals surface area contributed by atoms with Crippen molar-refractivity contribution in [3.63, 3.8) is 0 Å². The first kappa shape index (κ1) is 73.0. The number of hydrogen-bond donors (Lipinski definition) is 0. The second-order valence-electron chi connectivity index (χ2n) is 30.1. The number of rotatable bonds is 17. The Labute approximate surface area is 712 Å². The van der Waals surface area contributed by atoms with Gasteiger partial charge in [-0.2, -0.15) is 5.26 Å². The topological polar surface area (TPSA) is 201 Å². The van der Waals surface area contributed by atoms with E-state index in [1.165, 1.54) is 0 Å². The third-order valence-corrected chi connectivity index (χ3v) is 22.3. The first-order valence-corrected chi connectivity index (χ1v) is 40.7. The highest BCUT2D eigenvalue weighted by molar-refractivity contribution is 6.15. The molecule has 0 atom stereocenters. The van der Waals surface area contributed by atoms with E-state index in [-0.39, 0.29) is 0 Å². The molecule has 0 bridgehead atoms. The summed E-state index contributed by atoms with van der Waals surface area (Å²) in [6, 6.07) is 137. The van der Waals surface area contributed by atoms with E-state index in [9.17, 15) is 5.26 Å². The fraction of sp³-hybridized carbons (Fsp3) is 0. The van der Waals surface area contributed by atoms with Crippen LogP contribution in [0.4, 0.5) is 0 Å². The SMILES string of the molecule is N#Cc1cc(-n2c3ccc(-c4nc(-c5ccccc5)nc(-c5ccccc5)n4)cc3c3cc(-c4nc(-c5ccccc5)nc(-c5ccccc5)n4)ccc32)c(-c2cc(-c3ccccc3)nc(-c3ccccc3)c2)c(-n2c3ccc(-c4nc(-c5ccccc5)nc(-c5ccccc5)n4)cc3c3cc(-c4nc(-c5ccccc5)nc(-c5ccccc5)n4)ccc32)c1. The molecule has 0 aliphatic rings. The van der Waals surface area contributed by atoms with Gasteiger partial charge < -0.3 is 9.13 Å². The van der Waals surface area contributed by atoms with Gasteiger partial charge in [0.05, 0.1) is 56.5 Å². The van der Waals surface area contributed by atoms with Crippen LogP contribution in [0, 0.1) is 11.3 Å². The first-order valence-electron chi connectivity index (χ1n) is 40.7. The van der Waals surface area contributed by atoms with Crippen molar-refractivity contribution in [1.29, 1.82) is 5.26 Å². The number of hydrogen-bond acceptors (Lipinski definition) is 14. The second-order valence-corrected chi connectivity index (χ2v) is 30.1. The standard InChI is InChI=1S/C108H66N16/c109-67-68-59-94(123-90-55-51-79(105-115-97(71-35-15-3-16-36-71)111-98(116-105)72-37-17-4-18-38-72)61-84(90)85-62-80(52-56-91(85)123)106-117-99(73-39-19-5-20-40-73)112-100(118-106)74-41-21-6-22-42-74)96(83-65-88(69-31-11-1-12-32-69)110-89(66-83)70-33-13-2-14-34-70)95(60-68)124-92-57-53-81(107-119-101(75-43-23-7-24-44-75)113-102(120-107)76-45-25-8-26-46-76)63-86(92)87-64-82(54-58-93(87)124)108-121-103(77-47-27-9-28-48-77)114-104(122-108)78-49-29-10-30-50-78/h1-66H. The molecular formula is C108H66N16. The Balaban J connectivity index is 0.849. The smallest absolute Gasteiger partial charge is 0.164 e. The van der Waals surface area contributed by atoms with Crippen molar-refractivity contribution in [2.45, 2.75) is 0 Å². The second kappa shape index (κ2) is 31.5. The number of nitriles is 1. The molecule has 22 rings (SSSR count). The van der Waals surface area contributed by atoms with Crippen LogP contribution in [0.25, 0.3) is 225 Å². The van der Waals surface area contributed by atoms with E-state index < -0.39 is 0 Å². The predicted molar refractivity (Wildman–Crippen MR) is 493 cm³/mol. The van der Waals surface area contributed by atoms with Crippen molar-refractivity contribution in [3.8, 4) is 188 Å². The molecule has 0 fully saturated rings. The lowest BCUT2D eigenvalue weighted by atomic mass is 9.95. The van der Waals surface area contributed by atoms with E-state index in [1.807, 2.05) is 291 Å². The highest BCUT2D eigenvalue weighted by Crippen LogP contribution is 2.47. The van der Waals surface area contributed by atoms with Gasteiger partial charge in [0.25, 0.3) is 0 Å². The fourth-order valence-electron chi connectivity index (χ4n) is 16.4. The molecule has 0 saturated carbocycles. The maximum atomic E-state index is 12.1. The van der Waals surface area contributed by atoms with Crippen molar-refractivity contribution in [1.82, 2.24) is 73.9 Å². The van der Waals surface area contributed by atoms with E-state index in [4.69, 9.17) is 64.8 Å². The van der Waals surface area contributed by atoms with Crippen LogP contribution in [0.3, 0.4) is 0 Å².